The smallest absolute Gasteiger partial charge is 0.410 e. The summed E-state index contributed by atoms with van der Waals surface area (Å²) in [6.45, 7) is 5.88. The highest BCUT2D eigenvalue weighted by atomic mass is 16.6. The highest BCUT2D eigenvalue weighted by Crippen LogP contribution is 2.34. The number of carbonyl (C=O) groups excluding carboxylic acids is 2. The summed E-state index contributed by atoms with van der Waals surface area (Å²) >= 11 is 0. The van der Waals surface area contributed by atoms with Gasteiger partial charge in [0.15, 0.2) is 0 Å². The van der Waals surface area contributed by atoms with Crippen LogP contribution < -0.4 is 21.1 Å². The Morgan fingerprint density at radius 3 is 2.31 bits per heavy atom. The molecule has 2 heterocycles. The Morgan fingerprint density at radius 1 is 1.00 bits per heavy atom. The second kappa shape index (κ2) is 9.64. The minimum absolute atomic E-state index is 0.217. The molecule has 35 heavy (non-hydrogen) atoms. The Morgan fingerprint density at radius 2 is 1.71 bits per heavy atom. The molecule has 0 fully saturated rings. The summed E-state index contributed by atoms with van der Waals surface area (Å²) < 4.78 is 6.95. The minimum Gasteiger partial charge on any atom is -0.410 e. The van der Waals surface area contributed by atoms with E-state index >= 15 is 0 Å². The van der Waals surface area contributed by atoms with Crippen LogP contribution in [-0.4, -0.2) is 31.7 Å². The van der Waals surface area contributed by atoms with Crippen LogP contribution in [0.5, 0.6) is 5.75 Å². The van der Waals surface area contributed by atoms with Crippen molar-refractivity contribution >= 4 is 29.3 Å². The quantitative estimate of drug-likeness (QED) is 0.375. The van der Waals surface area contributed by atoms with Crippen LogP contribution in [0, 0.1) is 0 Å². The Kier molecular flexibility index (Phi) is 6.45. The molecule has 10 heteroatoms. The first kappa shape index (κ1) is 23.4. The van der Waals surface area contributed by atoms with Gasteiger partial charge < -0.3 is 15.8 Å². The van der Waals surface area contributed by atoms with Crippen molar-refractivity contribution in [2.75, 3.05) is 10.6 Å². The number of para-hydroxylation sites is 1. The van der Waals surface area contributed by atoms with Crippen molar-refractivity contribution in [3.05, 3.63) is 78.8 Å². The predicted octanol–water partition coefficient (Wildman–Crippen LogP) is 4.55. The molecule has 0 aliphatic heterocycles. The van der Waals surface area contributed by atoms with Crippen molar-refractivity contribution in [1.29, 1.82) is 0 Å². The maximum atomic E-state index is 12.6. The Labute approximate surface area is 202 Å². The van der Waals surface area contributed by atoms with Gasteiger partial charge in [0.2, 0.25) is 0 Å². The molecule has 0 spiro atoms. The Bertz CT molecular complexity index is 1330. The van der Waals surface area contributed by atoms with Gasteiger partial charge in [0.25, 0.3) is 5.91 Å². The minimum atomic E-state index is -0.643. The lowest BCUT2D eigenvalue weighted by atomic mass is 10.1. The molecule has 4 N–H and O–H groups in total. The molecule has 4 aromatic rings. The molecule has 0 bridgehead atoms. The van der Waals surface area contributed by atoms with Crippen molar-refractivity contribution in [1.82, 2.24) is 19.7 Å². The molecule has 2 aromatic carbocycles. The molecule has 178 valence electrons. The summed E-state index contributed by atoms with van der Waals surface area (Å²) in [5.74, 6) is 0.650. The van der Waals surface area contributed by atoms with Gasteiger partial charge in [-0.2, -0.15) is 5.10 Å². The summed E-state index contributed by atoms with van der Waals surface area (Å²) in [7, 11) is 0. The van der Waals surface area contributed by atoms with Crippen LogP contribution >= 0.6 is 0 Å². The fraction of sp³-hybridized carbons (Fsp3) is 0.160. The zero-order chi connectivity index (χ0) is 25.0. The molecular weight excluding hydrogens is 446 g/mol. The topological polar surface area (TPSA) is 137 Å². The number of primary amides is 1. The van der Waals surface area contributed by atoms with E-state index in [0.717, 1.165) is 0 Å². The lowest BCUT2D eigenvalue weighted by molar-refractivity contribution is 0.100. The molecule has 0 aliphatic rings. The third-order valence-electron chi connectivity index (χ3n) is 4.94. The van der Waals surface area contributed by atoms with Crippen LogP contribution in [0.15, 0.2) is 73.2 Å². The fourth-order valence-electron chi connectivity index (χ4n) is 3.39. The van der Waals surface area contributed by atoms with E-state index in [2.05, 4.69) is 20.6 Å². The lowest BCUT2D eigenvalue weighted by Gasteiger charge is -2.22. The number of carbonyl (C=O) groups is 2. The van der Waals surface area contributed by atoms with Gasteiger partial charge in [-0.3, -0.25) is 15.1 Å². The lowest BCUT2D eigenvalue weighted by Crippen LogP contribution is -2.25. The number of nitrogens with two attached hydrogens (primary N) is 1. The highest BCUT2D eigenvalue weighted by Gasteiger charge is 2.29. The number of nitrogens with one attached hydrogen (secondary N) is 2. The van der Waals surface area contributed by atoms with Crippen molar-refractivity contribution in [3.63, 3.8) is 0 Å². The largest absolute Gasteiger partial charge is 0.417 e. The number of aromatic nitrogens is 4. The molecule has 0 atom stereocenters. The standard InChI is InChI=1S/C25H25N7O3/c1-25(2,3)32-23(30-19-15-27-13-14-28-19)20(22(26)33)21(31-32)16-9-11-17(12-10-16)29-24(34)35-18-7-5-4-6-8-18/h4-15H,1-3H3,(H2,26,33)(H,28,30)(H,29,34). The highest BCUT2D eigenvalue weighted by molar-refractivity contribution is 6.04. The Hall–Kier alpha value is -4.73. The second-order valence-electron chi connectivity index (χ2n) is 8.64. The van der Waals surface area contributed by atoms with Gasteiger partial charge in [-0.15, -0.1) is 0 Å². The van der Waals surface area contributed by atoms with Crippen LogP contribution in [0.4, 0.5) is 22.1 Å². The first-order valence-corrected chi connectivity index (χ1v) is 10.8. The molecule has 0 unspecified atom stereocenters. The third kappa shape index (κ3) is 5.44. The first-order valence-electron chi connectivity index (χ1n) is 10.8. The van der Waals surface area contributed by atoms with E-state index in [-0.39, 0.29) is 5.56 Å². The molecule has 0 saturated heterocycles. The van der Waals surface area contributed by atoms with Crippen LogP contribution in [0.25, 0.3) is 11.3 Å². The average molecular weight is 472 g/mol. The monoisotopic (exact) mass is 471 g/mol. The Balaban J connectivity index is 1.65. The SMILES string of the molecule is CC(C)(C)n1nc(-c2ccc(NC(=O)Oc3ccccc3)cc2)c(C(N)=O)c1Nc1cnccn1. The maximum Gasteiger partial charge on any atom is 0.417 e. The summed E-state index contributed by atoms with van der Waals surface area (Å²) in [4.78, 5) is 33.0. The molecule has 4 rings (SSSR count). The van der Waals surface area contributed by atoms with E-state index in [1.165, 1.54) is 0 Å². The molecule has 0 aliphatic carbocycles. The second-order valence-corrected chi connectivity index (χ2v) is 8.64. The van der Waals surface area contributed by atoms with Crippen molar-refractivity contribution in [2.45, 2.75) is 26.3 Å². The summed E-state index contributed by atoms with van der Waals surface area (Å²) in [6, 6.07) is 15.6. The van der Waals surface area contributed by atoms with Gasteiger partial charge in [-0.25, -0.2) is 14.5 Å². The van der Waals surface area contributed by atoms with E-state index in [1.54, 1.807) is 71.8 Å². The van der Waals surface area contributed by atoms with Crippen molar-refractivity contribution < 1.29 is 14.3 Å². The van der Waals surface area contributed by atoms with E-state index in [0.29, 0.717) is 34.3 Å². The summed E-state index contributed by atoms with van der Waals surface area (Å²) in [5.41, 5.74) is 7.09. The molecule has 2 amide bonds. The van der Waals surface area contributed by atoms with Crippen LogP contribution in [-0.2, 0) is 5.54 Å². The average Bonchev–Trinajstić information content (AvgIpc) is 3.21. The third-order valence-corrected chi connectivity index (χ3v) is 4.94. The zero-order valence-corrected chi connectivity index (χ0v) is 19.5. The number of anilines is 3. The van der Waals surface area contributed by atoms with Crippen molar-refractivity contribution in [3.8, 4) is 17.0 Å². The van der Waals surface area contributed by atoms with Gasteiger partial charge in [-0.1, -0.05) is 30.3 Å². The zero-order valence-electron chi connectivity index (χ0n) is 19.5. The molecule has 10 nitrogen and oxygen atoms in total. The molecule has 0 saturated carbocycles. The number of rotatable bonds is 6. The number of nitrogens with zero attached hydrogens (tertiary/aromatic N) is 4. The van der Waals surface area contributed by atoms with Gasteiger partial charge in [0.05, 0.1) is 11.7 Å². The van der Waals surface area contributed by atoms with E-state index < -0.39 is 17.5 Å². The normalized spacial score (nSPS) is 11.1. The number of hydrogen-bond donors (Lipinski definition) is 3. The van der Waals surface area contributed by atoms with E-state index in [4.69, 9.17) is 15.6 Å². The molecule has 0 radical (unpaired) electrons. The molecular formula is C25H25N7O3. The fourth-order valence-corrected chi connectivity index (χ4v) is 3.39. The maximum absolute atomic E-state index is 12.6. The van der Waals surface area contributed by atoms with Crippen LogP contribution in [0.1, 0.15) is 31.1 Å². The molecule has 2 aromatic heterocycles. The number of hydrogen-bond acceptors (Lipinski definition) is 7. The predicted molar refractivity (Wildman–Crippen MR) is 133 cm³/mol. The van der Waals surface area contributed by atoms with Gasteiger partial charge in [0.1, 0.15) is 28.6 Å². The van der Waals surface area contributed by atoms with E-state index in [9.17, 15) is 9.59 Å². The van der Waals surface area contributed by atoms with Crippen LogP contribution in [0.3, 0.4) is 0 Å². The van der Waals surface area contributed by atoms with Gasteiger partial charge in [-0.05, 0) is 45.0 Å². The number of ether oxygens (including phenoxy) is 1. The van der Waals surface area contributed by atoms with Gasteiger partial charge in [0, 0.05) is 23.6 Å². The summed E-state index contributed by atoms with van der Waals surface area (Å²) in [5, 5.41) is 10.5. The van der Waals surface area contributed by atoms with Crippen LogP contribution in [0.2, 0.25) is 0 Å². The number of benzene rings is 2. The van der Waals surface area contributed by atoms with E-state index in [1.807, 2.05) is 26.8 Å². The van der Waals surface area contributed by atoms with Crippen molar-refractivity contribution in [2.24, 2.45) is 5.73 Å². The summed E-state index contributed by atoms with van der Waals surface area (Å²) in [6.07, 6.45) is 4.02. The number of amides is 2. The first-order chi connectivity index (χ1) is 16.7. The van der Waals surface area contributed by atoms with Gasteiger partial charge >= 0.3 is 6.09 Å².